The van der Waals surface area contributed by atoms with Crippen LogP contribution < -0.4 is 11.1 Å². The van der Waals surface area contributed by atoms with Gasteiger partial charge in [0.1, 0.15) is 0 Å². The molecular formula is C12H17N7O3S. The summed E-state index contributed by atoms with van der Waals surface area (Å²) in [5.41, 5.74) is 6.37. The molecule has 2 aromatic rings. The highest BCUT2D eigenvalue weighted by molar-refractivity contribution is 7.98. The minimum absolute atomic E-state index is 0.0516. The number of nitrogens with two attached hydrogens (primary N) is 1. The fourth-order valence-corrected chi connectivity index (χ4v) is 2.04. The van der Waals surface area contributed by atoms with E-state index in [1.165, 1.54) is 18.1 Å². The molecule has 0 spiro atoms. The number of carbonyl (C=O) groups excluding carboxylic acids is 2. The average Bonchev–Trinajstić information content (AvgIpc) is 3.00. The Morgan fingerprint density at radius 1 is 1.43 bits per heavy atom. The van der Waals surface area contributed by atoms with Crippen LogP contribution in [0.5, 0.6) is 0 Å². The van der Waals surface area contributed by atoms with Crippen LogP contribution in [-0.2, 0) is 4.79 Å². The van der Waals surface area contributed by atoms with E-state index in [4.69, 9.17) is 5.73 Å². The van der Waals surface area contributed by atoms with Gasteiger partial charge in [0.2, 0.25) is 0 Å². The molecule has 0 radical (unpaired) electrons. The van der Waals surface area contributed by atoms with Crippen molar-refractivity contribution >= 4 is 40.7 Å². The lowest BCUT2D eigenvalue weighted by atomic mass is 10.1. The predicted octanol–water partition coefficient (Wildman–Crippen LogP) is 0.808. The molecule has 0 aliphatic heterocycles. The number of amides is 3. The number of nitrogens with one attached hydrogen (secondary N) is 2. The number of hydrogen-bond acceptors (Lipinski definition) is 8. The van der Waals surface area contributed by atoms with Crippen LogP contribution in [0.15, 0.2) is 11.5 Å². The number of urea groups is 1. The van der Waals surface area contributed by atoms with Crippen LogP contribution in [0.3, 0.4) is 0 Å². The van der Waals surface area contributed by atoms with E-state index in [1.807, 2.05) is 0 Å². The summed E-state index contributed by atoms with van der Waals surface area (Å²) < 4.78 is 0. The maximum absolute atomic E-state index is 12.0. The number of rotatable bonds is 4. The first-order valence-corrected chi connectivity index (χ1v) is 7.92. The van der Waals surface area contributed by atoms with Crippen LogP contribution >= 0.6 is 11.8 Å². The first kappa shape index (κ1) is 17.1. The number of fused-ring (bicyclic) bond motifs is 1. The number of thioether (sulfide) groups is 1. The Morgan fingerprint density at radius 2 is 2.13 bits per heavy atom. The Kier molecular flexibility index (Phi) is 5.13. The Hall–Kier alpha value is -2.24. The third kappa shape index (κ3) is 3.57. The van der Waals surface area contributed by atoms with Crippen LogP contribution in [0.4, 0.5) is 10.6 Å². The van der Waals surface area contributed by atoms with Gasteiger partial charge in [-0.1, -0.05) is 25.6 Å². The van der Waals surface area contributed by atoms with Crippen molar-refractivity contribution in [3.8, 4) is 0 Å². The van der Waals surface area contributed by atoms with Crippen LogP contribution in [0.1, 0.15) is 13.8 Å². The number of anilines is 1. The molecule has 2 rings (SSSR count). The molecule has 0 saturated heterocycles. The highest BCUT2D eigenvalue weighted by Gasteiger charge is 2.28. The number of carbonyl (C=O) groups is 2. The molecule has 11 heteroatoms. The molecule has 1 atom stereocenters. The maximum Gasteiger partial charge on any atom is 0.354 e. The zero-order valence-electron chi connectivity index (χ0n) is 12.8. The van der Waals surface area contributed by atoms with E-state index in [0.717, 1.165) is 0 Å². The van der Waals surface area contributed by atoms with Crippen LogP contribution in [0.2, 0.25) is 0 Å². The lowest BCUT2D eigenvalue weighted by Gasteiger charge is -2.20. The van der Waals surface area contributed by atoms with Crippen LogP contribution in [0.25, 0.3) is 11.2 Å². The van der Waals surface area contributed by atoms with E-state index in [2.05, 4.69) is 25.3 Å². The van der Waals surface area contributed by atoms with Gasteiger partial charge >= 0.3 is 6.03 Å². The second-order valence-corrected chi connectivity index (χ2v) is 5.78. The quantitative estimate of drug-likeness (QED) is 0.276. The Bertz CT molecular complexity index is 733. The summed E-state index contributed by atoms with van der Waals surface area (Å²) in [6, 6.07) is -2.07. The van der Waals surface area contributed by atoms with Crippen molar-refractivity contribution < 1.29 is 14.8 Å². The zero-order chi connectivity index (χ0) is 17.1. The van der Waals surface area contributed by atoms with Crippen molar-refractivity contribution in [3.05, 3.63) is 6.33 Å². The number of hydrogen-bond donors (Lipinski definition) is 4. The summed E-state index contributed by atoms with van der Waals surface area (Å²) in [6.07, 6.45) is 3.17. The summed E-state index contributed by atoms with van der Waals surface area (Å²) in [5.74, 6) is -1.06. The van der Waals surface area contributed by atoms with E-state index >= 15 is 0 Å². The van der Waals surface area contributed by atoms with E-state index in [-0.39, 0.29) is 16.8 Å². The topological polar surface area (TPSA) is 150 Å². The first-order valence-electron chi connectivity index (χ1n) is 6.69. The summed E-state index contributed by atoms with van der Waals surface area (Å²) >= 11 is 1.27. The van der Waals surface area contributed by atoms with Crippen molar-refractivity contribution in [3.63, 3.8) is 0 Å². The minimum Gasteiger partial charge on any atom is -0.329 e. The number of aromatic amines is 1. The second-order valence-electron chi connectivity index (χ2n) is 5.01. The molecule has 2 heterocycles. The molecule has 0 saturated carbocycles. The fraction of sp³-hybridized carbons (Fsp3) is 0.417. The van der Waals surface area contributed by atoms with Gasteiger partial charge in [-0.3, -0.25) is 15.3 Å². The van der Waals surface area contributed by atoms with Gasteiger partial charge in [0, 0.05) is 0 Å². The van der Waals surface area contributed by atoms with Gasteiger partial charge in [-0.2, -0.15) is 0 Å². The van der Waals surface area contributed by atoms with E-state index in [1.54, 1.807) is 20.1 Å². The molecule has 0 aromatic carbocycles. The van der Waals surface area contributed by atoms with Crippen molar-refractivity contribution in [1.82, 2.24) is 25.0 Å². The molecule has 10 nitrogen and oxygen atoms in total. The molecule has 0 aliphatic carbocycles. The van der Waals surface area contributed by atoms with Crippen molar-refractivity contribution in [2.45, 2.75) is 25.0 Å². The van der Waals surface area contributed by atoms with Crippen LogP contribution in [0, 0.1) is 5.92 Å². The van der Waals surface area contributed by atoms with Gasteiger partial charge in [0.15, 0.2) is 22.1 Å². The number of H-pyrrole nitrogens is 1. The monoisotopic (exact) mass is 339 g/mol. The average molecular weight is 339 g/mol. The molecule has 124 valence electrons. The van der Waals surface area contributed by atoms with Gasteiger partial charge in [0.25, 0.3) is 5.91 Å². The smallest absolute Gasteiger partial charge is 0.329 e. The molecule has 0 aliphatic rings. The number of imide groups is 1. The maximum atomic E-state index is 12.0. The number of nitrogens with zero attached hydrogens (tertiary/aromatic N) is 4. The molecule has 3 amide bonds. The van der Waals surface area contributed by atoms with Crippen molar-refractivity contribution in [2.75, 3.05) is 11.6 Å². The predicted molar refractivity (Wildman–Crippen MR) is 83.9 cm³/mol. The molecule has 0 unspecified atom stereocenters. The third-order valence-electron chi connectivity index (χ3n) is 3.07. The van der Waals surface area contributed by atoms with Crippen LogP contribution in [-0.4, -0.2) is 54.4 Å². The largest absolute Gasteiger partial charge is 0.354 e. The van der Waals surface area contributed by atoms with E-state index < -0.39 is 18.0 Å². The molecule has 5 N–H and O–H groups in total. The third-order valence-corrected chi connectivity index (χ3v) is 3.62. The van der Waals surface area contributed by atoms with Gasteiger partial charge in [-0.25, -0.2) is 19.7 Å². The van der Waals surface area contributed by atoms with Crippen molar-refractivity contribution in [1.29, 1.82) is 0 Å². The summed E-state index contributed by atoms with van der Waals surface area (Å²) in [7, 11) is 0. The van der Waals surface area contributed by atoms with E-state index in [9.17, 15) is 14.8 Å². The molecule has 0 fully saturated rings. The Labute approximate surface area is 135 Å². The SMILES string of the molecule is CSc1nc(NC(=O)N(O)C(=O)[C@@H](N)C(C)C)c2nc[nH]c2n1. The summed E-state index contributed by atoms with van der Waals surface area (Å²) in [5, 5.41) is 12.4. The Balaban J connectivity index is 2.23. The van der Waals surface area contributed by atoms with E-state index in [0.29, 0.717) is 16.3 Å². The molecule has 2 aromatic heterocycles. The highest BCUT2D eigenvalue weighted by atomic mass is 32.2. The zero-order valence-corrected chi connectivity index (χ0v) is 13.6. The lowest BCUT2D eigenvalue weighted by Crippen LogP contribution is -2.48. The highest BCUT2D eigenvalue weighted by Crippen LogP contribution is 2.20. The lowest BCUT2D eigenvalue weighted by molar-refractivity contribution is -0.154. The molecule has 23 heavy (non-hydrogen) atoms. The van der Waals surface area contributed by atoms with Gasteiger partial charge in [0.05, 0.1) is 12.4 Å². The van der Waals surface area contributed by atoms with Gasteiger partial charge < -0.3 is 10.7 Å². The standard InChI is InChI=1S/C12H17N7O3S/c1-5(2)6(13)10(20)19(22)12(21)18-9-7-8(15-4-14-7)16-11(17-9)23-3/h4-6,22H,13H2,1-3H3,(H2,14,15,16,17,18,21)/t6-/m0/s1. The number of aromatic nitrogens is 4. The molecule has 0 bridgehead atoms. The second kappa shape index (κ2) is 6.89. The number of hydroxylamine groups is 2. The first-order chi connectivity index (χ1) is 10.8. The van der Waals surface area contributed by atoms with Crippen molar-refractivity contribution in [2.24, 2.45) is 11.7 Å². The number of imidazole rings is 1. The minimum atomic E-state index is -1.07. The molecular weight excluding hydrogens is 322 g/mol. The van der Waals surface area contributed by atoms with Gasteiger partial charge in [-0.05, 0) is 12.2 Å². The summed E-state index contributed by atoms with van der Waals surface area (Å²) in [6.45, 7) is 3.41. The normalized spacial score (nSPS) is 12.4. The Morgan fingerprint density at radius 3 is 2.74 bits per heavy atom. The van der Waals surface area contributed by atoms with Gasteiger partial charge in [-0.15, -0.1) is 5.06 Å². The summed E-state index contributed by atoms with van der Waals surface area (Å²) in [4.78, 5) is 39.0. The fourth-order valence-electron chi connectivity index (χ4n) is 1.67.